The van der Waals surface area contributed by atoms with Gasteiger partial charge in [-0.05, 0) is 38.5 Å². The third kappa shape index (κ3) is 2.47. The van der Waals surface area contributed by atoms with Gasteiger partial charge in [0.1, 0.15) is 5.82 Å². The summed E-state index contributed by atoms with van der Waals surface area (Å²) in [6.07, 6.45) is 7.41. The molecule has 0 bridgehead atoms. The van der Waals surface area contributed by atoms with E-state index < -0.39 is 5.60 Å². The van der Waals surface area contributed by atoms with Crippen molar-refractivity contribution in [2.75, 3.05) is 11.9 Å². The Morgan fingerprint density at radius 3 is 2.90 bits per heavy atom. The molecular formula is C14H21N5O. The number of aliphatic hydroxyl groups is 1. The molecule has 0 saturated heterocycles. The summed E-state index contributed by atoms with van der Waals surface area (Å²) in [6, 6.07) is 0. The van der Waals surface area contributed by atoms with Gasteiger partial charge < -0.3 is 10.4 Å². The lowest BCUT2D eigenvalue weighted by Gasteiger charge is -2.35. The molecule has 108 valence electrons. The van der Waals surface area contributed by atoms with Crippen LogP contribution in [0, 0.1) is 12.8 Å². The number of rotatable bonds is 3. The molecule has 1 aliphatic carbocycles. The van der Waals surface area contributed by atoms with Crippen molar-refractivity contribution in [1.29, 1.82) is 0 Å². The Hall–Kier alpha value is -1.69. The molecule has 1 fully saturated rings. The van der Waals surface area contributed by atoms with Gasteiger partial charge in [0, 0.05) is 18.9 Å². The molecule has 2 heterocycles. The van der Waals surface area contributed by atoms with Crippen molar-refractivity contribution >= 4 is 11.5 Å². The highest BCUT2D eigenvalue weighted by Gasteiger charge is 2.31. The maximum Gasteiger partial charge on any atom is 0.203 e. The van der Waals surface area contributed by atoms with Crippen molar-refractivity contribution in [3.63, 3.8) is 0 Å². The summed E-state index contributed by atoms with van der Waals surface area (Å²) >= 11 is 0. The van der Waals surface area contributed by atoms with E-state index in [0.717, 1.165) is 37.4 Å². The van der Waals surface area contributed by atoms with Gasteiger partial charge in [0.25, 0.3) is 0 Å². The summed E-state index contributed by atoms with van der Waals surface area (Å²) in [6.45, 7) is 4.66. The van der Waals surface area contributed by atoms with E-state index in [1.54, 1.807) is 6.20 Å². The summed E-state index contributed by atoms with van der Waals surface area (Å²) in [5.41, 5.74) is 0.0774. The van der Waals surface area contributed by atoms with Crippen molar-refractivity contribution in [3.05, 3.63) is 18.2 Å². The molecule has 1 aliphatic rings. The molecule has 6 nitrogen and oxygen atoms in total. The zero-order valence-corrected chi connectivity index (χ0v) is 12.0. The van der Waals surface area contributed by atoms with Crippen LogP contribution in [-0.4, -0.2) is 36.8 Å². The van der Waals surface area contributed by atoms with Crippen LogP contribution in [0.15, 0.2) is 12.4 Å². The monoisotopic (exact) mass is 275 g/mol. The molecule has 0 unspecified atom stereocenters. The molecule has 0 spiro atoms. The van der Waals surface area contributed by atoms with Crippen LogP contribution in [0.25, 0.3) is 5.65 Å². The van der Waals surface area contributed by atoms with Crippen LogP contribution < -0.4 is 5.32 Å². The van der Waals surface area contributed by atoms with E-state index in [9.17, 15) is 5.11 Å². The van der Waals surface area contributed by atoms with E-state index in [0.29, 0.717) is 18.0 Å². The smallest absolute Gasteiger partial charge is 0.203 e. The number of nitrogens with zero attached hydrogens (tertiary/aromatic N) is 4. The molecular weight excluding hydrogens is 254 g/mol. The SMILES string of the molecule is Cc1nnc2c(NCC3(O)CCC(C)CC3)nccn12. The highest BCUT2D eigenvalue weighted by atomic mass is 16.3. The Morgan fingerprint density at radius 2 is 2.15 bits per heavy atom. The quantitative estimate of drug-likeness (QED) is 0.893. The van der Waals surface area contributed by atoms with Crippen molar-refractivity contribution in [1.82, 2.24) is 19.6 Å². The first-order chi connectivity index (χ1) is 9.57. The third-order valence-electron chi connectivity index (χ3n) is 4.29. The normalized spacial score (nSPS) is 26.9. The molecule has 6 heteroatoms. The minimum Gasteiger partial charge on any atom is -0.388 e. The van der Waals surface area contributed by atoms with E-state index in [4.69, 9.17) is 0 Å². The van der Waals surface area contributed by atoms with Crippen LogP contribution in [0.4, 0.5) is 5.82 Å². The molecule has 0 amide bonds. The maximum absolute atomic E-state index is 10.6. The van der Waals surface area contributed by atoms with Gasteiger partial charge in [-0.15, -0.1) is 10.2 Å². The summed E-state index contributed by atoms with van der Waals surface area (Å²) in [4.78, 5) is 4.31. The van der Waals surface area contributed by atoms with Crippen LogP contribution in [-0.2, 0) is 0 Å². The van der Waals surface area contributed by atoms with Crippen LogP contribution >= 0.6 is 0 Å². The summed E-state index contributed by atoms with van der Waals surface area (Å²) in [7, 11) is 0. The molecule has 2 N–H and O–H groups in total. The summed E-state index contributed by atoms with van der Waals surface area (Å²) in [5, 5.41) is 22.0. The average molecular weight is 275 g/mol. The van der Waals surface area contributed by atoms with E-state index in [1.807, 2.05) is 17.5 Å². The number of aromatic nitrogens is 4. The molecule has 0 aliphatic heterocycles. The van der Waals surface area contributed by atoms with Crippen molar-refractivity contribution in [3.8, 4) is 0 Å². The summed E-state index contributed by atoms with van der Waals surface area (Å²) < 4.78 is 1.89. The molecule has 1 saturated carbocycles. The number of aryl methyl sites for hydroxylation is 1. The van der Waals surface area contributed by atoms with Crippen molar-refractivity contribution in [2.45, 2.75) is 45.1 Å². The molecule has 0 atom stereocenters. The zero-order valence-electron chi connectivity index (χ0n) is 12.0. The molecule has 3 rings (SSSR count). The average Bonchev–Trinajstić information content (AvgIpc) is 2.83. The number of nitrogens with one attached hydrogen (secondary N) is 1. The number of hydrogen-bond acceptors (Lipinski definition) is 5. The second-order valence-corrected chi connectivity index (χ2v) is 5.98. The molecule has 0 radical (unpaired) electrons. The first-order valence-electron chi connectivity index (χ1n) is 7.20. The second kappa shape index (κ2) is 5.01. The predicted octanol–water partition coefficient (Wildman–Crippen LogP) is 1.79. The largest absolute Gasteiger partial charge is 0.388 e. The van der Waals surface area contributed by atoms with Gasteiger partial charge in [-0.3, -0.25) is 4.40 Å². The van der Waals surface area contributed by atoms with E-state index in [2.05, 4.69) is 27.4 Å². The minimum absolute atomic E-state index is 0.512. The fraction of sp³-hybridized carbons (Fsp3) is 0.643. The fourth-order valence-electron chi connectivity index (χ4n) is 2.79. The second-order valence-electron chi connectivity index (χ2n) is 5.98. The maximum atomic E-state index is 10.6. The topological polar surface area (TPSA) is 75.3 Å². The number of anilines is 1. The first kappa shape index (κ1) is 13.3. The van der Waals surface area contributed by atoms with Crippen LogP contribution in [0.2, 0.25) is 0 Å². The van der Waals surface area contributed by atoms with Crippen molar-refractivity contribution < 1.29 is 5.11 Å². The molecule has 0 aromatic carbocycles. The zero-order chi connectivity index (χ0) is 14.2. The highest BCUT2D eigenvalue weighted by molar-refractivity contribution is 5.62. The fourth-order valence-corrected chi connectivity index (χ4v) is 2.79. The minimum atomic E-state index is -0.629. The predicted molar refractivity (Wildman–Crippen MR) is 76.6 cm³/mol. The first-order valence-corrected chi connectivity index (χ1v) is 7.20. The van der Waals surface area contributed by atoms with Gasteiger partial charge in [-0.25, -0.2) is 4.98 Å². The van der Waals surface area contributed by atoms with Gasteiger partial charge in [0.05, 0.1) is 5.60 Å². The third-order valence-corrected chi connectivity index (χ3v) is 4.29. The van der Waals surface area contributed by atoms with Crippen LogP contribution in [0.1, 0.15) is 38.4 Å². The molecule has 2 aromatic rings. The van der Waals surface area contributed by atoms with Gasteiger partial charge in [0.15, 0.2) is 5.82 Å². The Kier molecular flexibility index (Phi) is 3.33. The Balaban J connectivity index is 1.74. The lowest BCUT2D eigenvalue weighted by molar-refractivity contribution is 0.00496. The molecule has 2 aromatic heterocycles. The highest BCUT2D eigenvalue weighted by Crippen LogP contribution is 2.32. The molecule has 20 heavy (non-hydrogen) atoms. The van der Waals surface area contributed by atoms with Gasteiger partial charge in [-0.1, -0.05) is 6.92 Å². The lowest BCUT2D eigenvalue weighted by atomic mass is 9.79. The summed E-state index contributed by atoms with van der Waals surface area (Å²) in [5.74, 6) is 2.23. The van der Waals surface area contributed by atoms with Gasteiger partial charge in [0.2, 0.25) is 5.65 Å². The van der Waals surface area contributed by atoms with E-state index in [1.165, 1.54) is 0 Å². The van der Waals surface area contributed by atoms with E-state index in [-0.39, 0.29) is 0 Å². The Labute approximate surface area is 118 Å². The number of hydrogen-bond donors (Lipinski definition) is 2. The van der Waals surface area contributed by atoms with E-state index >= 15 is 0 Å². The van der Waals surface area contributed by atoms with Crippen LogP contribution in [0.5, 0.6) is 0 Å². The standard InChI is InChI=1S/C14H21N5O/c1-10-3-5-14(20,6-4-10)9-16-12-13-18-17-11(2)19(13)8-7-15-12/h7-8,10,20H,3-6,9H2,1-2H3,(H,15,16). The Bertz CT molecular complexity index is 601. The number of fused-ring (bicyclic) bond motifs is 1. The Morgan fingerprint density at radius 1 is 1.40 bits per heavy atom. The van der Waals surface area contributed by atoms with Crippen LogP contribution in [0.3, 0.4) is 0 Å². The lowest BCUT2D eigenvalue weighted by Crippen LogP contribution is -2.40. The van der Waals surface area contributed by atoms with Gasteiger partial charge in [-0.2, -0.15) is 0 Å². The van der Waals surface area contributed by atoms with Gasteiger partial charge >= 0.3 is 0 Å². The van der Waals surface area contributed by atoms with Crippen molar-refractivity contribution in [2.24, 2.45) is 5.92 Å².